The van der Waals surface area contributed by atoms with Crippen molar-refractivity contribution < 1.29 is 4.79 Å². The number of nitrogens with one attached hydrogen (secondary N) is 2. The number of amides is 1. The maximum atomic E-state index is 11.5. The number of nitrogens with zero attached hydrogens (tertiary/aromatic N) is 1. The quantitative estimate of drug-likeness (QED) is 0.783. The van der Waals surface area contributed by atoms with Gasteiger partial charge >= 0.3 is 0 Å². The SMILES string of the molecule is CNC(=O)c1sc(NCc2ccncc2)cc1N. The molecule has 0 spiro atoms. The largest absolute Gasteiger partial charge is 0.397 e. The molecule has 0 aliphatic rings. The molecular formula is C12H14N4OS. The molecule has 0 saturated carbocycles. The molecule has 18 heavy (non-hydrogen) atoms. The third kappa shape index (κ3) is 2.78. The van der Waals surface area contributed by atoms with Crippen LogP contribution in [-0.2, 0) is 6.54 Å². The maximum Gasteiger partial charge on any atom is 0.263 e. The number of pyridine rings is 1. The van der Waals surface area contributed by atoms with Gasteiger partial charge in [0.15, 0.2) is 0 Å². The number of aromatic nitrogens is 1. The van der Waals surface area contributed by atoms with Gasteiger partial charge in [0, 0.05) is 26.0 Å². The number of anilines is 2. The molecule has 1 amide bonds. The highest BCUT2D eigenvalue weighted by Crippen LogP contribution is 2.29. The Labute approximate surface area is 109 Å². The van der Waals surface area contributed by atoms with Gasteiger partial charge in [-0.05, 0) is 23.8 Å². The number of nitrogens with two attached hydrogens (primary N) is 1. The Balaban J connectivity index is 2.05. The number of nitrogen functional groups attached to an aromatic ring is 1. The van der Waals surface area contributed by atoms with Crippen molar-refractivity contribution >= 4 is 27.9 Å². The van der Waals surface area contributed by atoms with Gasteiger partial charge in [0.05, 0.1) is 10.7 Å². The lowest BCUT2D eigenvalue weighted by molar-refractivity contribution is 0.0968. The first-order chi connectivity index (χ1) is 8.70. The Morgan fingerprint density at radius 1 is 1.44 bits per heavy atom. The van der Waals surface area contributed by atoms with Gasteiger partial charge < -0.3 is 16.4 Å². The van der Waals surface area contributed by atoms with E-state index in [0.29, 0.717) is 17.1 Å². The lowest BCUT2D eigenvalue weighted by Crippen LogP contribution is -2.17. The lowest BCUT2D eigenvalue weighted by Gasteiger charge is -2.02. The smallest absolute Gasteiger partial charge is 0.263 e. The predicted octanol–water partition coefficient (Wildman–Crippen LogP) is 1.70. The van der Waals surface area contributed by atoms with Gasteiger partial charge in [-0.1, -0.05) is 0 Å². The van der Waals surface area contributed by atoms with Crippen molar-refractivity contribution in [2.45, 2.75) is 6.54 Å². The fourth-order valence-electron chi connectivity index (χ4n) is 1.47. The summed E-state index contributed by atoms with van der Waals surface area (Å²) in [4.78, 5) is 16.0. The summed E-state index contributed by atoms with van der Waals surface area (Å²) in [6, 6.07) is 5.64. The van der Waals surface area contributed by atoms with E-state index in [1.165, 1.54) is 11.3 Å². The first kappa shape index (κ1) is 12.4. The first-order valence-electron chi connectivity index (χ1n) is 5.45. The third-order valence-electron chi connectivity index (χ3n) is 2.41. The molecule has 0 unspecified atom stereocenters. The van der Waals surface area contributed by atoms with E-state index in [2.05, 4.69) is 15.6 Å². The van der Waals surface area contributed by atoms with Crippen LogP contribution in [0.3, 0.4) is 0 Å². The second-order valence-corrected chi connectivity index (χ2v) is 4.74. The Kier molecular flexibility index (Phi) is 3.78. The average Bonchev–Trinajstić information content (AvgIpc) is 2.78. The number of rotatable bonds is 4. The van der Waals surface area contributed by atoms with Crippen LogP contribution in [0.1, 0.15) is 15.2 Å². The molecule has 0 aliphatic heterocycles. The Morgan fingerprint density at radius 2 is 2.17 bits per heavy atom. The fourth-order valence-corrected chi connectivity index (χ4v) is 2.39. The van der Waals surface area contributed by atoms with Crippen molar-refractivity contribution in [1.82, 2.24) is 10.3 Å². The van der Waals surface area contributed by atoms with Crippen LogP contribution < -0.4 is 16.4 Å². The minimum Gasteiger partial charge on any atom is -0.397 e. The average molecular weight is 262 g/mol. The number of thiophene rings is 1. The first-order valence-corrected chi connectivity index (χ1v) is 6.26. The Morgan fingerprint density at radius 3 is 2.83 bits per heavy atom. The van der Waals surface area contributed by atoms with E-state index in [9.17, 15) is 4.79 Å². The van der Waals surface area contributed by atoms with E-state index in [1.54, 1.807) is 25.5 Å². The van der Waals surface area contributed by atoms with Gasteiger partial charge in [0.1, 0.15) is 4.88 Å². The van der Waals surface area contributed by atoms with Gasteiger partial charge in [-0.3, -0.25) is 9.78 Å². The number of carbonyl (C=O) groups excluding carboxylic acids is 1. The van der Waals surface area contributed by atoms with Gasteiger partial charge in [0.25, 0.3) is 5.91 Å². The second-order valence-electron chi connectivity index (χ2n) is 3.68. The van der Waals surface area contributed by atoms with Crippen LogP contribution in [0.5, 0.6) is 0 Å². The highest BCUT2D eigenvalue weighted by molar-refractivity contribution is 7.18. The van der Waals surface area contributed by atoms with Crippen LogP contribution >= 0.6 is 11.3 Å². The van der Waals surface area contributed by atoms with Crippen LogP contribution in [0.15, 0.2) is 30.6 Å². The van der Waals surface area contributed by atoms with Gasteiger partial charge in [0.2, 0.25) is 0 Å². The molecule has 0 saturated heterocycles. The summed E-state index contributed by atoms with van der Waals surface area (Å²) in [6.07, 6.45) is 3.49. The van der Waals surface area contributed by atoms with E-state index in [0.717, 1.165) is 10.6 Å². The van der Waals surface area contributed by atoms with Crippen molar-refractivity contribution in [3.05, 3.63) is 41.0 Å². The third-order valence-corrected chi connectivity index (χ3v) is 3.52. The van der Waals surface area contributed by atoms with Crippen molar-refractivity contribution in [3.63, 3.8) is 0 Å². The number of carbonyl (C=O) groups is 1. The normalized spacial score (nSPS) is 10.1. The summed E-state index contributed by atoms with van der Waals surface area (Å²) >= 11 is 1.35. The Hall–Kier alpha value is -2.08. The summed E-state index contributed by atoms with van der Waals surface area (Å²) in [5.41, 5.74) is 7.41. The van der Waals surface area contributed by atoms with Crippen LogP contribution in [0, 0.1) is 0 Å². The van der Waals surface area contributed by atoms with Crippen molar-refractivity contribution in [1.29, 1.82) is 0 Å². The molecule has 0 aliphatic carbocycles. The molecular weight excluding hydrogens is 248 g/mol. The van der Waals surface area contributed by atoms with Crippen molar-refractivity contribution in [2.24, 2.45) is 0 Å². The highest BCUT2D eigenvalue weighted by Gasteiger charge is 2.12. The Bertz CT molecular complexity index is 538. The molecule has 0 atom stereocenters. The zero-order valence-electron chi connectivity index (χ0n) is 9.93. The van der Waals surface area contributed by atoms with Crippen LogP contribution in [0.2, 0.25) is 0 Å². The summed E-state index contributed by atoms with van der Waals surface area (Å²) in [6.45, 7) is 0.676. The maximum absolute atomic E-state index is 11.5. The van der Waals surface area contributed by atoms with E-state index in [4.69, 9.17) is 5.73 Å². The molecule has 94 valence electrons. The molecule has 2 heterocycles. The molecule has 0 aromatic carbocycles. The number of hydrogen-bond donors (Lipinski definition) is 3. The fraction of sp³-hybridized carbons (Fsp3) is 0.167. The van der Waals surface area contributed by atoms with E-state index in [-0.39, 0.29) is 5.91 Å². The number of hydrogen-bond acceptors (Lipinski definition) is 5. The summed E-state index contributed by atoms with van der Waals surface area (Å²) in [5, 5.41) is 6.67. The van der Waals surface area contributed by atoms with Crippen LogP contribution in [0.25, 0.3) is 0 Å². The lowest BCUT2D eigenvalue weighted by atomic mass is 10.3. The molecule has 2 aromatic rings. The molecule has 0 fully saturated rings. The van der Waals surface area contributed by atoms with E-state index in [1.807, 2.05) is 12.1 Å². The predicted molar refractivity (Wildman–Crippen MR) is 73.7 cm³/mol. The summed E-state index contributed by atoms with van der Waals surface area (Å²) in [7, 11) is 1.59. The molecule has 2 rings (SSSR count). The minimum atomic E-state index is -0.158. The zero-order valence-corrected chi connectivity index (χ0v) is 10.8. The zero-order chi connectivity index (χ0) is 13.0. The summed E-state index contributed by atoms with van der Waals surface area (Å²) < 4.78 is 0. The van der Waals surface area contributed by atoms with Gasteiger partial charge in [-0.2, -0.15) is 0 Å². The topological polar surface area (TPSA) is 80.0 Å². The molecule has 2 aromatic heterocycles. The molecule has 0 bridgehead atoms. The van der Waals surface area contributed by atoms with Crippen LogP contribution in [0.4, 0.5) is 10.7 Å². The monoisotopic (exact) mass is 262 g/mol. The minimum absolute atomic E-state index is 0.158. The molecule has 4 N–H and O–H groups in total. The van der Waals surface area contributed by atoms with Gasteiger partial charge in [-0.25, -0.2) is 0 Å². The van der Waals surface area contributed by atoms with Crippen molar-refractivity contribution in [2.75, 3.05) is 18.1 Å². The summed E-state index contributed by atoms with van der Waals surface area (Å²) in [5.74, 6) is -0.158. The van der Waals surface area contributed by atoms with Crippen LogP contribution in [-0.4, -0.2) is 17.9 Å². The van der Waals surface area contributed by atoms with Crippen molar-refractivity contribution in [3.8, 4) is 0 Å². The highest BCUT2D eigenvalue weighted by atomic mass is 32.1. The molecule has 5 nitrogen and oxygen atoms in total. The molecule has 6 heteroatoms. The molecule has 0 radical (unpaired) electrons. The van der Waals surface area contributed by atoms with E-state index >= 15 is 0 Å². The van der Waals surface area contributed by atoms with E-state index < -0.39 is 0 Å². The van der Waals surface area contributed by atoms with Gasteiger partial charge in [-0.15, -0.1) is 11.3 Å². The second kappa shape index (κ2) is 5.50. The standard InChI is InChI=1S/C12H14N4OS/c1-14-12(17)11-9(13)6-10(18-11)16-7-8-2-4-15-5-3-8/h2-6,16H,7,13H2,1H3,(H,14,17).